The SMILES string of the molecule is CC(=O)Nc1cccc(C(O)(CCN2CCCN(Cc3ccc(S(C)(=O)=O)cc3)CC2)c2ccccc2)c1. The van der Waals surface area contributed by atoms with Gasteiger partial charge < -0.3 is 15.3 Å². The van der Waals surface area contributed by atoms with Gasteiger partial charge in [0.1, 0.15) is 5.60 Å². The highest BCUT2D eigenvalue weighted by Gasteiger charge is 2.32. The number of amides is 1. The highest BCUT2D eigenvalue weighted by atomic mass is 32.2. The number of hydrogen-bond donors (Lipinski definition) is 2. The molecule has 0 saturated carbocycles. The summed E-state index contributed by atoms with van der Waals surface area (Å²) in [5.74, 6) is -0.147. The van der Waals surface area contributed by atoms with Crippen molar-refractivity contribution in [1.29, 1.82) is 0 Å². The second kappa shape index (κ2) is 12.2. The molecule has 3 aromatic carbocycles. The molecule has 1 amide bonds. The Morgan fingerprint density at radius 1 is 0.895 bits per heavy atom. The number of aliphatic hydroxyl groups is 1. The van der Waals surface area contributed by atoms with Crippen molar-refractivity contribution >= 4 is 21.4 Å². The summed E-state index contributed by atoms with van der Waals surface area (Å²) in [6.45, 7) is 6.68. The monoisotopic (exact) mass is 535 g/mol. The largest absolute Gasteiger partial charge is 0.380 e. The minimum atomic E-state index is -3.19. The molecule has 7 nitrogen and oxygen atoms in total. The molecule has 0 aromatic heterocycles. The molecule has 0 spiro atoms. The van der Waals surface area contributed by atoms with E-state index >= 15 is 0 Å². The lowest BCUT2D eigenvalue weighted by molar-refractivity contribution is -0.114. The number of rotatable bonds is 9. The maximum atomic E-state index is 12.0. The Hall–Kier alpha value is -3.04. The van der Waals surface area contributed by atoms with Crippen LogP contribution in [0.3, 0.4) is 0 Å². The van der Waals surface area contributed by atoms with E-state index in [1.165, 1.54) is 13.2 Å². The van der Waals surface area contributed by atoms with Crippen LogP contribution < -0.4 is 5.32 Å². The molecule has 1 saturated heterocycles. The molecule has 0 bridgehead atoms. The van der Waals surface area contributed by atoms with Crippen molar-refractivity contribution in [3.8, 4) is 0 Å². The van der Waals surface area contributed by atoms with Crippen molar-refractivity contribution in [1.82, 2.24) is 9.80 Å². The lowest BCUT2D eigenvalue weighted by Crippen LogP contribution is -2.36. The molecule has 3 aromatic rings. The van der Waals surface area contributed by atoms with Gasteiger partial charge in [0.15, 0.2) is 9.84 Å². The molecule has 38 heavy (non-hydrogen) atoms. The average Bonchev–Trinajstić information content (AvgIpc) is 3.12. The van der Waals surface area contributed by atoms with Crippen LogP contribution in [0.15, 0.2) is 83.8 Å². The normalized spacial score (nSPS) is 16.9. The van der Waals surface area contributed by atoms with Gasteiger partial charge in [0.2, 0.25) is 5.91 Å². The van der Waals surface area contributed by atoms with Crippen molar-refractivity contribution in [2.24, 2.45) is 0 Å². The number of benzene rings is 3. The van der Waals surface area contributed by atoms with Crippen molar-refractivity contribution in [3.05, 3.63) is 95.6 Å². The minimum absolute atomic E-state index is 0.147. The van der Waals surface area contributed by atoms with Crippen molar-refractivity contribution < 1.29 is 18.3 Å². The number of hydrogen-bond acceptors (Lipinski definition) is 6. The smallest absolute Gasteiger partial charge is 0.221 e. The summed E-state index contributed by atoms with van der Waals surface area (Å²) < 4.78 is 23.5. The van der Waals surface area contributed by atoms with Gasteiger partial charge in [0.25, 0.3) is 0 Å². The zero-order chi connectivity index (χ0) is 27.2. The van der Waals surface area contributed by atoms with Crippen LogP contribution >= 0.6 is 0 Å². The second-order valence-electron chi connectivity index (χ2n) is 10.1. The van der Waals surface area contributed by atoms with E-state index in [4.69, 9.17) is 0 Å². The van der Waals surface area contributed by atoms with Crippen molar-refractivity contribution in [2.45, 2.75) is 36.8 Å². The van der Waals surface area contributed by atoms with Crippen molar-refractivity contribution in [2.75, 3.05) is 44.3 Å². The van der Waals surface area contributed by atoms with Crippen LogP contribution in [0.4, 0.5) is 5.69 Å². The zero-order valence-corrected chi connectivity index (χ0v) is 23.0. The first-order chi connectivity index (χ1) is 18.1. The zero-order valence-electron chi connectivity index (χ0n) is 22.1. The topological polar surface area (TPSA) is 89.9 Å². The molecule has 8 heteroatoms. The predicted octanol–water partition coefficient (Wildman–Crippen LogP) is 3.88. The molecule has 1 heterocycles. The lowest BCUT2D eigenvalue weighted by atomic mass is 9.83. The molecule has 1 aliphatic rings. The van der Waals surface area contributed by atoms with E-state index in [1.54, 1.807) is 12.1 Å². The molecule has 1 unspecified atom stereocenters. The predicted molar refractivity (Wildman–Crippen MR) is 151 cm³/mol. The van der Waals surface area contributed by atoms with Crippen LogP contribution in [-0.2, 0) is 26.8 Å². The van der Waals surface area contributed by atoms with Gasteiger partial charge in [0.05, 0.1) is 4.90 Å². The number of anilines is 1. The summed E-state index contributed by atoms with van der Waals surface area (Å²) in [5.41, 5.74) is 2.16. The van der Waals surface area contributed by atoms with Crippen LogP contribution in [0, 0.1) is 0 Å². The third-order valence-electron chi connectivity index (χ3n) is 7.14. The maximum absolute atomic E-state index is 12.0. The number of nitrogens with zero attached hydrogens (tertiary/aromatic N) is 2. The fourth-order valence-corrected chi connectivity index (χ4v) is 5.68. The summed E-state index contributed by atoms with van der Waals surface area (Å²) >= 11 is 0. The molecule has 1 fully saturated rings. The van der Waals surface area contributed by atoms with Crippen LogP contribution in [-0.4, -0.2) is 68.2 Å². The number of nitrogens with one attached hydrogen (secondary N) is 1. The Morgan fingerprint density at radius 3 is 2.24 bits per heavy atom. The number of sulfone groups is 1. The van der Waals surface area contributed by atoms with Gasteiger partial charge in [-0.3, -0.25) is 9.69 Å². The Balaban J connectivity index is 1.42. The Kier molecular flexibility index (Phi) is 8.99. The quantitative estimate of drug-likeness (QED) is 0.432. The van der Waals surface area contributed by atoms with Crippen LogP contribution in [0.25, 0.3) is 0 Å². The van der Waals surface area contributed by atoms with E-state index in [1.807, 2.05) is 66.7 Å². The van der Waals surface area contributed by atoms with Gasteiger partial charge in [-0.2, -0.15) is 0 Å². The van der Waals surface area contributed by atoms with E-state index in [9.17, 15) is 18.3 Å². The second-order valence-corrected chi connectivity index (χ2v) is 12.1. The van der Waals surface area contributed by atoms with E-state index in [0.29, 0.717) is 17.0 Å². The molecule has 0 radical (unpaired) electrons. The van der Waals surface area contributed by atoms with Crippen LogP contribution in [0.1, 0.15) is 36.5 Å². The highest BCUT2D eigenvalue weighted by molar-refractivity contribution is 7.90. The van der Waals surface area contributed by atoms with E-state index in [0.717, 1.165) is 62.4 Å². The number of carbonyl (C=O) groups is 1. The molecular weight excluding hydrogens is 498 g/mol. The van der Waals surface area contributed by atoms with Gasteiger partial charge in [0, 0.05) is 45.0 Å². The summed E-state index contributed by atoms with van der Waals surface area (Å²) in [5, 5.41) is 14.9. The minimum Gasteiger partial charge on any atom is -0.380 e. The van der Waals surface area contributed by atoms with Crippen molar-refractivity contribution in [3.63, 3.8) is 0 Å². The molecule has 1 aliphatic heterocycles. The van der Waals surface area contributed by atoms with Crippen LogP contribution in [0.5, 0.6) is 0 Å². The van der Waals surface area contributed by atoms with Gasteiger partial charge >= 0.3 is 0 Å². The molecular formula is C30H37N3O4S. The van der Waals surface area contributed by atoms with Gasteiger partial charge in [-0.1, -0.05) is 54.6 Å². The first kappa shape index (κ1) is 28.0. The fraction of sp³-hybridized carbons (Fsp3) is 0.367. The van der Waals surface area contributed by atoms with Gasteiger partial charge in [-0.05, 0) is 66.9 Å². The van der Waals surface area contributed by atoms with E-state index in [2.05, 4.69) is 15.1 Å². The summed E-state index contributed by atoms with van der Waals surface area (Å²) in [7, 11) is -3.19. The van der Waals surface area contributed by atoms with Gasteiger partial charge in [-0.25, -0.2) is 8.42 Å². The Bertz CT molecular complexity index is 1330. The summed E-state index contributed by atoms with van der Waals surface area (Å²) in [6.07, 6.45) is 2.76. The van der Waals surface area contributed by atoms with E-state index < -0.39 is 15.4 Å². The lowest BCUT2D eigenvalue weighted by Gasteiger charge is -2.32. The first-order valence-electron chi connectivity index (χ1n) is 13.0. The third-order valence-corrected chi connectivity index (χ3v) is 8.27. The Morgan fingerprint density at radius 2 is 1.55 bits per heavy atom. The average molecular weight is 536 g/mol. The maximum Gasteiger partial charge on any atom is 0.221 e. The molecule has 202 valence electrons. The molecule has 0 aliphatic carbocycles. The van der Waals surface area contributed by atoms with E-state index in [-0.39, 0.29) is 5.91 Å². The summed E-state index contributed by atoms with van der Waals surface area (Å²) in [6, 6.07) is 24.3. The van der Waals surface area contributed by atoms with Gasteiger partial charge in [-0.15, -0.1) is 0 Å². The molecule has 1 atom stereocenters. The first-order valence-corrected chi connectivity index (χ1v) is 14.9. The highest BCUT2D eigenvalue weighted by Crippen LogP contribution is 2.34. The third kappa shape index (κ3) is 7.29. The summed E-state index contributed by atoms with van der Waals surface area (Å²) in [4.78, 5) is 16.7. The van der Waals surface area contributed by atoms with Crippen LogP contribution in [0.2, 0.25) is 0 Å². The molecule has 2 N–H and O–H groups in total. The standard InChI is InChI=1S/C30H37N3O4S/c1-24(34)31-28-11-6-10-27(22-28)30(35,26-8-4-3-5-9-26)16-19-32-17-7-18-33(21-20-32)23-25-12-14-29(15-13-25)38(2,36)37/h3-6,8-15,22,35H,7,16-21,23H2,1-2H3,(H,31,34). The fourth-order valence-electron chi connectivity index (χ4n) is 5.05. The number of carbonyl (C=O) groups excluding carboxylic acids is 1. The molecule has 4 rings (SSSR count). The Labute approximate surface area is 226 Å².